The largest absolute Gasteiger partial charge is 0.450 e. The number of carbonyl (C=O) groups is 1. The molecule has 1 aromatic carbocycles. The molecule has 0 aliphatic carbocycles. The lowest BCUT2D eigenvalue weighted by Crippen LogP contribution is -2.42. The van der Waals surface area contributed by atoms with Crippen molar-refractivity contribution >= 4 is 29.1 Å². The van der Waals surface area contributed by atoms with Crippen LogP contribution in [0.25, 0.3) is 0 Å². The van der Waals surface area contributed by atoms with E-state index in [0.29, 0.717) is 19.7 Å². The first-order chi connectivity index (χ1) is 13.5. The maximum absolute atomic E-state index is 11.8. The lowest BCUT2D eigenvalue weighted by atomic mass is 10.1. The highest BCUT2D eigenvalue weighted by molar-refractivity contribution is 5.67. The van der Waals surface area contributed by atoms with E-state index in [1.807, 2.05) is 39.2 Å². The summed E-state index contributed by atoms with van der Waals surface area (Å²) < 4.78 is 5.06. The van der Waals surface area contributed by atoms with E-state index in [-0.39, 0.29) is 12.1 Å². The number of nitrogens with zero attached hydrogens (tertiary/aromatic N) is 4. The highest BCUT2D eigenvalue weighted by atomic mass is 16.6. The maximum Gasteiger partial charge on any atom is 0.409 e. The van der Waals surface area contributed by atoms with Gasteiger partial charge >= 0.3 is 6.09 Å². The summed E-state index contributed by atoms with van der Waals surface area (Å²) in [5, 5.41) is 6.75. The predicted octanol–water partition coefficient (Wildman–Crippen LogP) is 3.32. The minimum atomic E-state index is -0.227. The Morgan fingerprint density at radius 3 is 2.50 bits per heavy atom. The van der Waals surface area contributed by atoms with Gasteiger partial charge in [0.15, 0.2) is 0 Å². The molecule has 1 amide bonds. The van der Waals surface area contributed by atoms with Crippen LogP contribution in [-0.2, 0) is 4.74 Å². The summed E-state index contributed by atoms with van der Waals surface area (Å²) in [5.41, 5.74) is 2.11. The van der Waals surface area contributed by atoms with Crippen LogP contribution < -0.4 is 15.5 Å². The first kappa shape index (κ1) is 19.7. The summed E-state index contributed by atoms with van der Waals surface area (Å²) in [5.74, 6) is 1.51. The first-order valence-electron chi connectivity index (χ1n) is 9.60. The topological polar surface area (TPSA) is 82.6 Å². The number of nitrogens with one attached hydrogen (secondary N) is 2. The fourth-order valence-electron chi connectivity index (χ4n) is 3.13. The molecule has 0 spiro atoms. The average molecular weight is 384 g/mol. The van der Waals surface area contributed by atoms with Crippen molar-refractivity contribution in [2.24, 2.45) is 0 Å². The van der Waals surface area contributed by atoms with E-state index in [1.54, 1.807) is 11.2 Å². The second-order valence-corrected chi connectivity index (χ2v) is 6.96. The van der Waals surface area contributed by atoms with Gasteiger partial charge in [0.1, 0.15) is 18.0 Å². The van der Waals surface area contributed by atoms with Crippen molar-refractivity contribution in [1.29, 1.82) is 0 Å². The molecule has 8 heteroatoms. The Labute approximate surface area is 165 Å². The van der Waals surface area contributed by atoms with Gasteiger partial charge in [-0.1, -0.05) is 0 Å². The predicted molar refractivity (Wildman–Crippen MR) is 111 cm³/mol. The number of hydrogen-bond donors (Lipinski definition) is 2. The molecular formula is C20H28N6O2. The quantitative estimate of drug-likeness (QED) is 0.790. The van der Waals surface area contributed by atoms with Crippen molar-refractivity contribution < 1.29 is 9.53 Å². The molecule has 0 saturated carbocycles. The number of likely N-dealkylation sites (tertiary alicyclic amines) is 1. The number of hydrogen-bond acceptors (Lipinski definition) is 7. The van der Waals surface area contributed by atoms with E-state index in [4.69, 9.17) is 4.74 Å². The van der Waals surface area contributed by atoms with Crippen molar-refractivity contribution in [3.63, 3.8) is 0 Å². The SMILES string of the molecule is CCOC(=O)N1CCC(Nc2cc(Nc3ccc(N(C)C)cc3)ncn2)CC1. The third-order valence-electron chi connectivity index (χ3n) is 4.70. The summed E-state index contributed by atoms with van der Waals surface area (Å²) in [6, 6.07) is 10.3. The summed E-state index contributed by atoms with van der Waals surface area (Å²) >= 11 is 0. The molecular weight excluding hydrogens is 356 g/mol. The second kappa shape index (κ2) is 9.25. The van der Waals surface area contributed by atoms with E-state index >= 15 is 0 Å². The zero-order chi connectivity index (χ0) is 19.9. The van der Waals surface area contributed by atoms with Crippen LogP contribution in [0.2, 0.25) is 0 Å². The molecule has 1 saturated heterocycles. The fourth-order valence-corrected chi connectivity index (χ4v) is 3.13. The molecule has 2 aromatic rings. The molecule has 2 heterocycles. The van der Waals surface area contributed by atoms with Gasteiger partial charge in [-0.25, -0.2) is 14.8 Å². The standard InChI is InChI=1S/C20H28N6O2/c1-4-28-20(27)26-11-9-16(10-12-26)24-19-13-18(21-14-22-19)23-15-5-7-17(8-6-15)25(2)3/h5-8,13-14,16H,4,9-12H2,1-3H3,(H2,21,22,23,24). The number of benzene rings is 1. The van der Waals surface area contributed by atoms with Crippen molar-refractivity contribution in [3.8, 4) is 0 Å². The highest BCUT2D eigenvalue weighted by Crippen LogP contribution is 2.21. The van der Waals surface area contributed by atoms with Gasteiger partial charge < -0.3 is 25.2 Å². The van der Waals surface area contributed by atoms with Crippen LogP contribution in [0.4, 0.5) is 27.8 Å². The van der Waals surface area contributed by atoms with E-state index in [0.717, 1.165) is 35.9 Å². The summed E-state index contributed by atoms with van der Waals surface area (Å²) in [4.78, 5) is 24.2. The molecule has 3 rings (SSSR count). The molecule has 0 unspecified atom stereocenters. The maximum atomic E-state index is 11.8. The van der Waals surface area contributed by atoms with Gasteiger partial charge in [0.25, 0.3) is 0 Å². The van der Waals surface area contributed by atoms with Crippen LogP contribution in [0, 0.1) is 0 Å². The van der Waals surface area contributed by atoms with E-state index in [9.17, 15) is 4.79 Å². The number of amides is 1. The summed E-state index contributed by atoms with van der Waals surface area (Å²) in [6.45, 7) is 3.60. The molecule has 1 fully saturated rings. The zero-order valence-corrected chi connectivity index (χ0v) is 16.7. The smallest absolute Gasteiger partial charge is 0.409 e. The number of anilines is 4. The van der Waals surface area contributed by atoms with Crippen LogP contribution in [0.1, 0.15) is 19.8 Å². The molecule has 0 atom stereocenters. The number of carbonyl (C=O) groups excluding carboxylic acids is 1. The summed E-state index contributed by atoms with van der Waals surface area (Å²) in [6.07, 6.45) is 3.04. The number of piperidine rings is 1. The second-order valence-electron chi connectivity index (χ2n) is 6.96. The molecule has 2 N–H and O–H groups in total. The lowest BCUT2D eigenvalue weighted by molar-refractivity contribution is 0.0983. The first-order valence-corrected chi connectivity index (χ1v) is 9.60. The normalized spacial score (nSPS) is 14.5. The van der Waals surface area contributed by atoms with Crippen LogP contribution >= 0.6 is 0 Å². The molecule has 1 aliphatic rings. The van der Waals surface area contributed by atoms with Crippen LogP contribution in [-0.4, -0.2) is 60.8 Å². The Balaban J connectivity index is 1.54. The molecule has 150 valence electrons. The number of ether oxygens (including phenoxy) is 1. The van der Waals surface area contributed by atoms with Gasteiger partial charge in [-0.3, -0.25) is 0 Å². The number of aromatic nitrogens is 2. The van der Waals surface area contributed by atoms with E-state index in [1.165, 1.54) is 0 Å². The Morgan fingerprint density at radius 2 is 1.86 bits per heavy atom. The van der Waals surface area contributed by atoms with E-state index in [2.05, 4.69) is 37.6 Å². The van der Waals surface area contributed by atoms with Crippen molar-refractivity contribution in [2.45, 2.75) is 25.8 Å². The molecule has 0 bridgehead atoms. The van der Waals surface area contributed by atoms with Crippen LogP contribution in [0.3, 0.4) is 0 Å². The van der Waals surface area contributed by atoms with Crippen LogP contribution in [0.5, 0.6) is 0 Å². The average Bonchev–Trinajstić information content (AvgIpc) is 2.69. The van der Waals surface area contributed by atoms with Gasteiger partial charge in [0.05, 0.1) is 6.61 Å². The van der Waals surface area contributed by atoms with Crippen molar-refractivity contribution in [1.82, 2.24) is 14.9 Å². The molecule has 1 aromatic heterocycles. The molecule has 28 heavy (non-hydrogen) atoms. The zero-order valence-electron chi connectivity index (χ0n) is 16.7. The monoisotopic (exact) mass is 384 g/mol. The Morgan fingerprint density at radius 1 is 1.18 bits per heavy atom. The van der Waals surface area contributed by atoms with Gasteiger partial charge in [0, 0.05) is 50.7 Å². The third-order valence-corrected chi connectivity index (χ3v) is 4.70. The third kappa shape index (κ3) is 5.25. The minimum absolute atomic E-state index is 0.227. The van der Waals surface area contributed by atoms with Crippen molar-refractivity contribution in [2.75, 3.05) is 49.3 Å². The Hall–Kier alpha value is -3.03. The highest BCUT2D eigenvalue weighted by Gasteiger charge is 2.23. The fraction of sp³-hybridized carbons (Fsp3) is 0.450. The van der Waals surface area contributed by atoms with E-state index < -0.39 is 0 Å². The van der Waals surface area contributed by atoms with Gasteiger partial charge in [-0.15, -0.1) is 0 Å². The molecule has 0 radical (unpaired) electrons. The van der Waals surface area contributed by atoms with Crippen LogP contribution in [0.15, 0.2) is 36.7 Å². The lowest BCUT2D eigenvalue weighted by Gasteiger charge is -2.31. The molecule has 1 aliphatic heterocycles. The van der Waals surface area contributed by atoms with Gasteiger partial charge in [0.2, 0.25) is 0 Å². The van der Waals surface area contributed by atoms with Crippen molar-refractivity contribution in [3.05, 3.63) is 36.7 Å². The Kier molecular flexibility index (Phi) is 6.52. The summed E-state index contributed by atoms with van der Waals surface area (Å²) in [7, 11) is 4.03. The van der Waals surface area contributed by atoms with Gasteiger partial charge in [-0.05, 0) is 44.0 Å². The Bertz CT molecular complexity index is 773. The van der Waals surface area contributed by atoms with Gasteiger partial charge in [-0.2, -0.15) is 0 Å². The molecule has 8 nitrogen and oxygen atoms in total. The number of rotatable bonds is 6. The minimum Gasteiger partial charge on any atom is -0.450 e.